The molecule has 20 heavy (non-hydrogen) atoms. The summed E-state index contributed by atoms with van der Waals surface area (Å²) in [6.45, 7) is 3.27. The number of nitro groups is 1. The molecule has 0 heterocycles. The van der Waals surface area contributed by atoms with E-state index in [0.29, 0.717) is 6.42 Å². The normalized spacial score (nSPS) is 13.2. The van der Waals surface area contributed by atoms with Gasteiger partial charge in [-0.05, 0) is 13.3 Å². The zero-order valence-corrected chi connectivity index (χ0v) is 12.2. The topological polar surface area (TPSA) is 96.0 Å². The number of amides is 1. The number of hydrogen-bond donors (Lipinski definition) is 1. The average Bonchev–Trinajstić information content (AvgIpc) is 2.41. The predicted molar refractivity (Wildman–Crippen MR) is 74.9 cm³/mol. The minimum atomic E-state index is -1.09. The van der Waals surface area contributed by atoms with Crippen LogP contribution in [0.1, 0.15) is 30.6 Å². The van der Waals surface area contributed by atoms with Crippen LogP contribution in [0.15, 0.2) is 12.1 Å². The van der Waals surface area contributed by atoms with Crippen molar-refractivity contribution in [3.8, 4) is 6.07 Å². The van der Waals surface area contributed by atoms with E-state index in [1.807, 2.05) is 6.07 Å². The van der Waals surface area contributed by atoms with Crippen LogP contribution in [-0.4, -0.2) is 16.4 Å². The molecule has 1 amide bonds. The summed E-state index contributed by atoms with van der Waals surface area (Å²) >= 11 is 11.6. The van der Waals surface area contributed by atoms with Gasteiger partial charge in [0.25, 0.3) is 11.6 Å². The number of carbonyl (C=O) groups is 1. The number of non-ortho nitro benzene ring substituents is 1. The van der Waals surface area contributed by atoms with Crippen LogP contribution in [-0.2, 0) is 0 Å². The molecule has 1 aromatic rings. The maximum atomic E-state index is 12.1. The molecule has 0 aliphatic heterocycles. The van der Waals surface area contributed by atoms with Crippen molar-refractivity contribution in [2.45, 2.75) is 25.8 Å². The molecule has 1 aromatic carbocycles. The lowest BCUT2D eigenvalue weighted by atomic mass is 10.0. The van der Waals surface area contributed by atoms with E-state index in [4.69, 9.17) is 28.5 Å². The molecule has 0 spiro atoms. The van der Waals surface area contributed by atoms with Crippen molar-refractivity contribution >= 4 is 34.8 Å². The van der Waals surface area contributed by atoms with Crippen LogP contribution >= 0.6 is 23.2 Å². The first-order valence-electron chi connectivity index (χ1n) is 5.61. The van der Waals surface area contributed by atoms with Crippen LogP contribution in [0.3, 0.4) is 0 Å². The second-order valence-corrected chi connectivity index (χ2v) is 5.08. The Hall–Kier alpha value is -1.84. The van der Waals surface area contributed by atoms with Crippen molar-refractivity contribution in [3.63, 3.8) is 0 Å². The monoisotopic (exact) mass is 315 g/mol. The van der Waals surface area contributed by atoms with Gasteiger partial charge in [0.1, 0.15) is 5.54 Å². The molecule has 0 saturated heterocycles. The Labute approximate surface area is 125 Å². The second-order valence-electron chi connectivity index (χ2n) is 4.30. The highest BCUT2D eigenvalue weighted by molar-refractivity contribution is 6.44. The van der Waals surface area contributed by atoms with E-state index in [2.05, 4.69) is 5.32 Å². The van der Waals surface area contributed by atoms with Crippen molar-refractivity contribution in [3.05, 3.63) is 37.9 Å². The zero-order chi connectivity index (χ0) is 15.5. The smallest absolute Gasteiger partial charge is 0.271 e. The van der Waals surface area contributed by atoms with Crippen molar-refractivity contribution in [2.75, 3.05) is 0 Å². The molecule has 0 bridgehead atoms. The molecule has 1 N–H and O–H groups in total. The highest BCUT2D eigenvalue weighted by Crippen LogP contribution is 2.31. The molecule has 1 atom stereocenters. The molecule has 0 aliphatic rings. The Morgan fingerprint density at radius 2 is 2.15 bits per heavy atom. The van der Waals surface area contributed by atoms with Crippen molar-refractivity contribution in [1.82, 2.24) is 5.32 Å². The summed E-state index contributed by atoms with van der Waals surface area (Å²) in [5.41, 5.74) is -1.57. The average molecular weight is 316 g/mol. The SMILES string of the molecule is CCC(C)(C#N)NC(=O)c1cc([N+](=O)[O-])cc(Cl)c1Cl. The number of nitrogens with zero attached hydrogens (tertiary/aromatic N) is 2. The molecule has 0 aliphatic carbocycles. The Bertz CT molecular complexity index is 613. The summed E-state index contributed by atoms with van der Waals surface area (Å²) in [5, 5.41) is 22.1. The molecule has 0 saturated carbocycles. The van der Waals surface area contributed by atoms with Crippen LogP contribution in [0.25, 0.3) is 0 Å². The summed E-state index contributed by atoms with van der Waals surface area (Å²) in [6, 6.07) is 4.04. The maximum absolute atomic E-state index is 12.1. The van der Waals surface area contributed by atoms with Crippen molar-refractivity contribution in [2.24, 2.45) is 0 Å². The molecule has 0 aromatic heterocycles. The fraction of sp³-hybridized carbons (Fsp3) is 0.333. The van der Waals surface area contributed by atoms with Gasteiger partial charge < -0.3 is 5.32 Å². The molecule has 1 unspecified atom stereocenters. The van der Waals surface area contributed by atoms with Crippen LogP contribution in [0.2, 0.25) is 10.0 Å². The van der Waals surface area contributed by atoms with Gasteiger partial charge in [-0.3, -0.25) is 14.9 Å². The number of carbonyl (C=O) groups excluding carboxylic acids is 1. The number of halogens is 2. The number of nitro benzene ring substituents is 1. The molecular formula is C12H11Cl2N3O3. The lowest BCUT2D eigenvalue weighted by molar-refractivity contribution is -0.384. The molecule has 0 fully saturated rings. The molecular weight excluding hydrogens is 305 g/mol. The fourth-order valence-corrected chi connectivity index (χ4v) is 1.77. The number of hydrogen-bond acceptors (Lipinski definition) is 4. The van der Waals surface area contributed by atoms with Gasteiger partial charge in [0.05, 0.1) is 26.6 Å². The van der Waals surface area contributed by atoms with E-state index < -0.39 is 16.4 Å². The summed E-state index contributed by atoms with van der Waals surface area (Å²) in [4.78, 5) is 22.2. The Morgan fingerprint density at radius 1 is 1.55 bits per heavy atom. The lowest BCUT2D eigenvalue weighted by Crippen LogP contribution is -2.44. The predicted octanol–water partition coefficient (Wildman–Crippen LogP) is 3.32. The van der Waals surface area contributed by atoms with E-state index in [0.717, 1.165) is 12.1 Å². The molecule has 6 nitrogen and oxygen atoms in total. The maximum Gasteiger partial charge on any atom is 0.271 e. The first-order valence-corrected chi connectivity index (χ1v) is 6.37. The fourth-order valence-electron chi connectivity index (χ4n) is 1.36. The third kappa shape index (κ3) is 3.38. The quantitative estimate of drug-likeness (QED) is 0.680. The van der Waals surface area contributed by atoms with Gasteiger partial charge in [-0.2, -0.15) is 5.26 Å². The Morgan fingerprint density at radius 3 is 2.60 bits per heavy atom. The third-order valence-corrected chi connectivity index (χ3v) is 3.61. The van der Waals surface area contributed by atoms with Gasteiger partial charge in [0.15, 0.2) is 0 Å². The highest BCUT2D eigenvalue weighted by Gasteiger charge is 2.27. The van der Waals surface area contributed by atoms with Crippen molar-refractivity contribution in [1.29, 1.82) is 5.26 Å². The van der Waals surface area contributed by atoms with E-state index >= 15 is 0 Å². The minimum Gasteiger partial charge on any atom is -0.334 e. The van der Waals surface area contributed by atoms with E-state index in [1.165, 1.54) is 6.92 Å². The van der Waals surface area contributed by atoms with Gasteiger partial charge in [0, 0.05) is 12.1 Å². The summed E-state index contributed by atoms with van der Waals surface area (Å²) in [5.74, 6) is -0.688. The van der Waals surface area contributed by atoms with E-state index in [-0.39, 0.29) is 21.3 Å². The van der Waals surface area contributed by atoms with Gasteiger partial charge in [0.2, 0.25) is 0 Å². The van der Waals surface area contributed by atoms with Gasteiger partial charge in [-0.1, -0.05) is 30.1 Å². The zero-order valence-electron chi connectivity index (χ0n) is 10.7. The van der Waals surface area contributed by atoms with Crippen LogP contribution in [0.4, 0.5) is 5.69 Å². The summed E-state index contributed by atoms with van der Waals surface area (Å²) < 4.78 is 0. The Balaban J connectivity index is 3.23. The number of rotatable bonds is 4. The first-order chi connectivity index (χ1) is 9.24. The summed E-state index contributed by atoms with van der Waals surface area (Å²) in [6.07, 6.45) is 0.371. The molecule has 1 rings (SSSR count). The standard InChI is InChI=1S/C12H11Cl2N3O3/c1-3-12(2,6-15)16-11(18)8-4-7(17(19)20)5-9(13)10(8)14/h4-5H,3H2,1-2H3,(H,16,18). The third-order valence-electron chi connectivity index (χ3n) is 2.81. The lowest BCUT2D eigenvalue weighted by Gasteiger charge is -2.21. The number of nitrogens with one attached hydrogen (secondary N) is 1. The minimum absolute atomic E-state index is 0.0915. The highest BCUT2D eigenvalue weighted by atomic mass is 35.5. The molecule has 8 heteroatoms. The van der Waals surface area contributed by atoms with Gasteiger partial charge in [-0.15, -0.1) is 0 Å². The van der Waals surface area contributed by atoms with Crippen LogP contribution in [0, 0.1) is 21.4 Å². The molecule has 106 valence electrons. The van der Waals surface area contributed by atoms with Gasteiger partial charge >= 0.3 is 0 Å². The number of nitriles is 1. The number of benzene rings is 1. The van der Waals surface area contributed by atoms with Crippen molar-refractivity contribution < 1.29 is 9.72 Å². The molecule has 0 radical (unpaired) electrons. The second kappa shape index (κ2) is 6.07. The van der Waals surface area contributed by atoms with Crippen LogP contribution in [0.5, 0.6) is 0 Å². The summed E-state index contributed by atoms with van der Waals surface area (Å²) in [7, 11) is 0. The van der Waals surface area contributed by atoms with Gasteiger partial charge in [-0.25, -0.2) is 0 Å². The van der Waals surface area contributed by atoms with Crippen LogP contribution < -0.4 is 5.32 Å². The first kappa shape index (κ1) is 16.2. The Kier molecular flexibility index (Phi) is 4.93. The largest absolute Gasteiger partial charge is 0.334 e. The van der Waals surface area contributed by atoms with E-state index in [9.17, 15) is 14.9 Å². The van der Waals surface area contributed by atoms with E-state index in [1.54, 1.807) is 6.92 Å².